The third-order valence-corrected chi connectivity index (χ3v) is 4.34. The van der Waals surface area contributed by atoms with E-state index in [1.165, 1.54) is 11.3 Å². The van der Waals surface area contributed by atoms with Crippen LogP contribution in [0.5, 0.6) is 0 Å². The van der Waals surface area contributed by atoms with Crippen LogP contribution in [0.4, 0.5) is 5.69 Å². The molecule has 7 heteroatoms. The highest BCUT2D eigenvalue weighted by atomic mass is 127. The average Bonchev–Trinajstić information content (AvgIpc) is 3.19. The second kappa shape index (κ2) is 11.1. The van der Waals surface area contributed by atoms with Crippen LogP contribution < -0.4 is 15.5 Å². The molecule has 2 heterocycles. The van der Waals surface area contributed by atoms with Crippen LogP contribution in [0.2, 0.25) is 0 Å². The first-order valence-corrected chi connectivity index (χ1v) is 8.82. The van der Waals surface area contributed by atoms with E-state index in [2.05, 4.69) is 61.8 Å². The fourth-order valence-electron chi connectivity index (χ4n) is 3.00. The van der Waals surface area contributed by atoms with Gasteiger partial charge in [0, 0.05) is 57.9 Å². The van der Waals surface area contributed by atoms with Crippen molar-refractivity contribution in [3.63, 3.8) is 0 Å². The van der Waals surface area contributed by atoms with Gasteiger partial charge in [-0.2, -0.15) is 0 Å². The molecule has 6 nitrogen and oxygen atoms in total. The molecule has 1 aromatic heterocycles. The lowest BCUT2D eigenvalue weighted by atomic mass is 10.1. The molecule has 26 heavy (non-hydrogen) atoms. The number of anilines is 1. The Balaban J connectivity index is 0.00000243. The number of guanidine groups is 1. The molecular weight excluding hydrogens is 441 g/mol. The molecular formula is C19H28IN5O. The Labute approximate surface area is 172 Å². The Bertz CT molecular complexity index is 668. The van der Waals surface area contributed by atoms with Gasteiger partial charge in [0.15, 0.2) is 5.96 Å². The molecule has 1 aliphatic rings. The zero-order chi connectivity index (χ0) is 17.3. The molecule has 1 aromatic carbocycles. The van der Waals surface area contributed by atoms with Gasteiger partial charge in [0.1, 0.15) is 0 Å². The first-order chi connectivity index (χ1) is 12.4. The van der Waals surface area contributed by atoms with Crippen molar-refractivity contribution in [2.45, 2.75) is 13.1 Å². The maximum Gasteiger partial charge on any atom is 0.191 e. The van der Waals surface area contributed by atoms with Crippen LogP contribution in [0, 0.1) is 0 Å². The van der Waals surface area contributed by atoms with E-state index < -0.39 is 0 Å². The largest absolute Gasteiger partial charge is 0.378 e. The summed E-state index contributed by atoms with van der Waals surface area (Å²) in [6.45, 7) is 5.98. The first-order valence-electron chi connectivity index (χ1n) is 8.82. The smallest absolute Gasteiger partial charge is 0.191 e. The van der Waals surface area contributed by atoms with Gasteiger partial charge in [0.25, 0.3) is 0 Å². The van der Waals surface area contributed by atoms with Gasteiger partial charge >= 0.3 is 0 Å². The topological polar surface area (TPSA) is 53.8 Å². The Morgan fingerprint density at radius 1 is 1.08 bits per heavy atom. The standard InChI is InChI=1S/C19H27N5O.HI/c1-20-19(21-8-11-23-9-4-5-10-23)22-16-17-6-2-3-7-18(17)24-12-14-25-15-13-24;/h2-7,9-10H,8,11-16H2,1H3,(H2,20,21,22);1H. The number of nitrogens with one attached hydrogen (secondary N) is 2. The van der Waals surface area contributed by atoms with Gasteiger partial charge in [-0.1, -0.05) is 18.2 Å². The van der Waals surface area contributed by atoms with E-state index in [-0.39, 0.29) is 24.0 Å². The maximum absolute atomic E-state index is 5.46. The number of nitrogens with zero attached hydrogens (tertiary/aromatic N) is 3. The summed E-state index contributed by atoms with van der Waals surface area (Å²) in [6, 6.07) is 12.6. The molecule has 0 spiro atoms. The van der Waals surface area contributed by atoms with Gasteiger partial charge in [0.05, 0.1) is 13.2 Å². The number of hydrogen-bond acceptors (Lipinski definition) is 3. The van der Waals surface area contributed by atoms with Crippen molar-refractivity contribution in [3.05, 3.63) is 54.4 Å². The number of ether oxygens (including phenoxy) is 1. The summed E-state index contributed by atoms with van der Waals surface area (Å²) in [7, 11) is 1.80. The van der Waals surface area contributed by atoms with Crippen LogP contribution in [0.3, 0.4) is 0 Å². The number of benzene rings is 1. The number of para-hydroxylation sites is 1. The molecule has 1 aliphatic heterocycles. The second-order valence-corrected chi connectivity index (χ2v) is 6.00. The van der Waals surface area contributed by atoms with Crippen LogP contribution in [0.15, 0.2) is 53.8 Å². The Hall–Kier alpha value is -1.74. The molecule has 0 atom stereocenters. The van der Waals surface area contributed by atoms with Crippen molar-refractivity contribution in [3.8, 4) is 0 Å². The van der Waals surface area contributed by atoms with Crippen LogP contribution >= 0.6 is 24.0 Å². The van der Waals surface area contributed by atoms with E-state index in [4.69, 9.17) is 4.74 Å². The Morgan fingerprint density at radius 2 is 1.81 bits per heavy atom. The number of aliphatic imine (C=N–C) groups is 1. The molecule has 0 radical (unpaired) electrons. The zero-order valence-corrected chi connectivity index (χ0v) is 17.6. The predicted octanol–water partition coefficient (Wildman–Crippen LogP) is 2.31. The molecule has 0 aliphatic carbocycles. The van der Waals surface area contributed by atoms with Crippen molar-refractivity contribution >= 4 is 35.6 Å². The molecule has 0 bridgehead atoms. The third-order valence-electron chi connectivity index (χ3n) is 4.34. The van der Waals surface area contributed by atoms with E-state index in [0.29, 0.717) is 0 Å². The maximum atomic E-state index is 5.46. The lowest BCUT2D eigenvalue weighted by Gasteiger charge is -2.30. The van der Waals surface area contributed by atoms with Crippen molar-refractivity contribution in [2.24, 2.45) is 4.99 Å². The number of morpholine rings is 1. The van der Waals surface area contributed by atoms with E-state index in [9.17, 15) is 0 Å². The van der Waals surface area contributed by atoms with E-state index in [1.807, 2.05) is 12.1 Å². The van der Waals surface area contributed by atoms with Crippen molar-refractivity contribution in [2.75, 3.05) is 44.8 Å². The lowest BCUT2D eigenvalue weighted by Crippen LogP contribution is -2.39. The number of aromatic nitrogens is 1. The molecule has 0 unspecified atom stereocenters. The fourth-order valence-corrected chi connectivity index (χ4v) is 3.00. The van der Waals surface area contributed by atoms with Gasteiger partial charge in [-0.15, -0.1) is 24.0 Å². The van der Waals surface area contributed by atoms with Crippen molar-refractivity contribution in [1.82, 2.24) is 15.2 Å². The van der Waals surface area contributed by atoms with Crippen molar-refractivity contribution < 1.29 is 4.74 Å². The average molecular weight is 469 g/mol. The van der Waals surface area contributed by atoms with Crippen LogP contribution in [-0.2, 0) is 17.8 Å². The highest BCUT2D eigenvalue weighted by molar-refractivity contribution is 14.0. The molecule has 1 fully saturated rings. The summed E-state index contributed by atoms with van der Waals surface area (Å²) >= 11 is 0. The number of rotatable bonds is 6. The predicted molar refractivity (Wildman–Crippen MR) is 118 cm³/mol. The van der Waals surface area contributed by atoms with Gasteiger partial charge in [-0.05, 0) is 23.8 Å². The number of halogens is 1. The molecule has 2 aromatic rings. The normalized spacial score (nSPS) is 14.7. The van der Waals surface area contributed by atoms with Crippen LogP contribution in [0.25, 0.3) is 0 Å². The third kappa shape index (κ3) is 5.91. The molecule has 0 saturated carbocycles. The zero-order valence-electron chi connectivity index (χ0n) is 15.2. The summed E-state index contributed by atoms with van der Waals surface area (Å²) in [5.41, 5.74) is 2.55. The summed E-state index contributed by atoms with van der Waals surface area (Å²) in [6.07, 6.45) is 4.13. The summed E-state index contributed by atoms with van der Waals surface area (Å²) in [5.74, 6) is 0.823. The lowest BCUT2D eigenvalue weighted by molar-refractivity contribution is 0.122. The van der Waals surface area contributed by atoms with Gasteiger partial charge in [0.2, 0.25) is 0 Å². The quantitative estimate of drug-likeness (QED) is 0.388. The van der Waals surface area contributed by atoms with Gasteiger partial charge in [-0.25, -0.2) is 0 Å². The molecule has 142 valence electrons. The minimum Gasteiger partial charge on any atom is -0.378 e. The highest BCUT2D eigenvalue weighted by Gasteiger charge is 2.14. The summed E-state index contributed by atoms with van der Waals surface area (Å²) in [5, 5.41) is 6.78. The second-order valence-electron chi connectivity index (χ2n) is 6.00. The number of hydrogen-bond donors (Lipinski definition) is 2. The molecule has 2 N–H and O–H groups in total. The van der Waals surface area contributed by atoms with E-state index in [1.54, 1.807) is 7.05 Å². The monoisotopic (exact) mass is 469 g/mol. The first kappa shape index (κ1) is 20.6. The SMILES string of the molecule is CN=C(NCCn1cccc1)NCc1ccccc1N1CCOCC1.I. The Kier molecular flexibility index (Phi) is 8.76. The molecule has 1 saturated heterocycles. The van der Waals surface area contributed by atoms with E-state index in [0.717, 1.165) is 51.9 Å². The minimum atomic E-state index is 0. The van der Waals surface area contributed by atoms with E-state index >= 15 is 0 Å². The van der Waals surface area contributed by atoms with Gasteiger partial charge < -0.3 is 24.8 Å². The van der Waals surface area contributed by atoms with Crippen LogP contribution in [-0.4, -0.2) is 50.4 Å². The summed E-state index contributed by atoms with van der Waals surface area (Å²) < 4.78 is 7.61. The summed E-state index contributed by atoms with van der Waals surface area (Å²) in [4.78, 5) is 6.71. The van der Waals surface area contributed by atoms with Crippen LogP contribution in [0.1, 0.15) is 5.56 Å². The fraction of sp³-hybridized carbons (Fsp3) is 0.421. The highest BCUT2D eigenvalue weighted by Crippen LogP contribution is 2.21. The Morgan fingerprint density at radius 3 is 2.54 bits per heavy atom. The molecule has 3 rings (SSSR count). The minimum absolute atomic E-state index is 0. The molecule has 0 amide bonds. The van der Waals surface area contributed by atoms with Crippen molar-refractivity contribution in [1.29, 1.82) is 0 Å². The van der Waals surface area contributed by atoms with Gasteiger partial charge in [-0.3, -0.25) is 4.99 Å².